The maximum absolute atomic E-state index is 13.6. The third-order valence-corrected chi connectivity index (χ3v) is 7.25. The third-order valence-electron chi connectivity index (χ3n) is 7.25. The molecule has 1 aliphatic rings. The summed E-state index contributed by atoms with van der Waals surface area (Å²) in [5, 5.41) is 7.07. The van der Waals surface area contributed by atoms with Crippen LogP contribution in [0.5, 0.6) is 0 Å². The molecule has 1 aromatic heterocycles. The number of carbonyl (C=O) groups excluding carboxylic acids is 2. The minimum Gasteiger partial charge on any atom is -0.355 e. The van der Waals surface area contributed by atoms with E-state index >= 15 is 0 Å². The fourth-order valence-corrected chi connectivity index (χ4v) is 4.99. The molecule has 0 bridgehead atoms. The van der Waals surface area contributed by atoms with Crippen molar-refractivity contribution in [3.63, 3.8) is 0 Å². The van der Waals surface area contributed by atoms with Crippen LogP contribution < -0.4 is 10.2 Å². The Morgan fingerprint density at radius 3 is 2.42 bits per heavy atom. The van der Waals surface area contributed by atoms with Crippen molar-refractivity contribution in [2.24, 2.45) is 5.92 Å². The summed E-state index contributed by atoms with van der Waals surface area (Å²) in [4.78, 5) is 34.6. The summed E-state index contributed by atoms with van der Waals surface area (Å²) < 4.78 is 5.17. The SMILES string of the molecule is Cc1nc(-c2ccc(C)c(N(CC(=O)NCCCC(C)C)CC(=O)N(C)C3Cc4ccccc4C3)c2)no1. The van der Waals surface area contributed by atoms with Gasteiger partial charge in [-0.1, -0.05) is 55.4 Å². The van der Waals surface area contributed by atoms with Crippen molar-refractivity contribution in [3.8, 4) is 11.4 Å². The number of anilines is 1. The molecule has 0 unspecified atom stereocenters. The van der Waals surface area contributed by atoms with Gasteiger partial charge in [0.05, 0.1) is 13.1 Å². The maximum Gasteiger partial charge on any atom is 0.242 e. The Morgan fingerprint density at radius 2 is 1.79 bits per heavy atom. The number of aryl methyl sites for hydroxylation is 2. The lowest BCUT2D eigenvalue weighted by molar-refractivity contribution is -0.130. The molecule has 0 saturated carbocycles. The zero-order valence-electron chi connectivity index (χ0n) is 23.2. The molecule has 0 atom stereocenters. The van der Waals surface area contributed by atoms with Crippen LogP contribution in [0.4, 0.5) is 5.69 Å². The molecule has 0 radical (unpaired) electrons. The second kappa shape index (κ2) is 12.2. The lowest BCUT2D eigenvalue weighted by Crippen LogP contribution is -2.47. The molecule has 2 aromatic carbocycles. The molecule has 8 nitrogen and oxygen atoms in total. The van der Waals surface area contributed by atoms with Gasteiger partial charge in [-0.25, -0.2) is 0 Å². The van der Waals surface area contributed by atoms with Gasteiger partial charge in [0.25, 0.3) is 0 Å². The normalized spacial score (nSPS) is 13.0. The molecule has 202 valence electrons. The number of nitrogens with one attached hydrogen (secondary N) is 1. The van der Waals surface area contributed by atoms with Crippen molar-refractivity contribution < 1.29 is 14.1 Å². The van der Waals surface area contributed by atoms with E-state index in [9.17, 15) is 9.59 Å². The molecule has 3 aromatic rings. The predicted octanol–water partition coefficient (Wildman–Crippen LogP) is 4.34. The summed E-state index contributed by atoms with van der Waals surface area (Å²) in [6.07, 6.45) is 3.68. The van der Waals surface area contributed by atoms with Crippen molar-refractivity contribution >= 4 is 17.5 Å². The number of likely N-dealkylation sites (N-methyl/N-ethyl adjacent to an activating group) is 1. The third kappa shape index (κ3) is 6.79. The van der Waals surface area contributed by atoms with Crippen LogP contribution in [-0.4, -0.2) is 59.6 Å². The number of carbonyl (C=O) groups is 2. The first kappa shape index (κ1) is 27.4. The minimum atomic E-state index is -0.0994. The molecule has 38 heavy (non-hydrogen) atoms. The second-order valence-corrected chi connectivity index (χ2v) is 10.7. The molecule has 1 heterocycles. The molecule has 8 heteroatoms. The Hall–Kier alpha value is -3.68. The molecule has 2 amide bonds. The zero-order chi connectivity index (χ0) is 27.2. The number of rotatable bonds is 11. The van der Waals surface area contributed by atoms with Gasteiger partial charge in [0.1, 0.15) is 0 Å². The van der Waals surface area contributed by atoms with Crippen LogP contribution in [0.15, 0.2) is 47.0 Å². The average Bonchev–Trinajstić information content (AvgIpc) is 3.52. The minimum absolute atomic E-state index is 0.0179. The number of hydrogen-bond donors (Lipinski definition) is 1. The van der Waals surface area contributed by atoms with Gasteiger partial charge in [-0.2, -0.15) is 4.98 Å². The maximum atomic E-state index is 13.6. The van der Waals surface area contributed by atoms with Gasteiger partial charge in [0.2, 0.25) is 23.5 Å². The Labute approximate surface area is 225 Å². The Kier molecular flexibility index (Phi) is 8.81. The Morgan fingerprint density at radius 1 is 1.08 bits per heavy atom. The first-order valence-electron chi connectivity index (χ1n) is 13.5. The first-order chi connectivity index (χ1) is 18.2. The predicted molar refractivity (Wildman–Crippen MR) is 149 cm³/mol. The van der Waals surface area contributed by atoms with Gasteiger partial charge in [0, 0.05) is 37.8 Å². The summed E-state index contributed by atoms with van der Waals surface area (Å²) in [5.74, 6) is 1.44. The van der Waals surface area contributed by atoms with E-state index in [1.807, 2.05) is 54.1 Å². The quantitative estimate of drug-likeness (QED) is 0.381. The molecule has 1 N–H and O–H groups in total. The van der Waals surface area contributed by atoms with E-state index in [4.69, 9.17) is 4.52 Å². The summed E-state index contributed by atoms with van der Waals surface area (Å²) in [7, 11) is 1.87. The molecule has 0 saturated heterocycles. The van der Waals surface area contributed by atoms with Crippen LogP contribution in [0.25, 0.3) is 11.4 Å². The zero-order valence-corrected chi connectivity index (χ0v) is 23.2. The van der Waals surface area contributed by atoms with Gasteiger partial charge in [0.15, 0.2) is 0 Å². The van der Waals surface area contributed by atoms with Crippen LogP contribution in [0.1, 0.15) is 49.3 Å². The van der Waals surface area contributed by atoms with Gasteiger partial charge in [-0.3, -0.25) is 9.59 Å². The van der Waals surface area contributed by atoms with E-state index in [1.165, 1.54) is 11.1 Å². The van der Waals surface area contributed by atoms with Crippen molar-refractivity contribution in [2.45, 2.75) is 59.4 Å². The van der Waals surface area contributed by atoms with E-state index in [1.54, 1.807) is 6.92 Å². The van der Waals surface area contributed by atoms with Crippen molar-refractivity contribution in [3.05, 3.63) is 65.0 Å². The van der Waals surface area contributed by atoms with Gasteiger partial charge >= 0.3 is 0 Å². The number of hydrogen-bond acceptors (Lipinski definition) is 6. The fourth-order valence-electron chi connectivity index (χ4n) is 4.99. The highest BCUT2D eigenvalue weighted by atomic mass is 16.5. The van der Waals surface area contributed by atoms with E-state index in [0.29, 0.717) is 24.2 Å². The van der Waals surface area contributed by atoms with Gasteiger partial charge in [-0.05, 0) is 61.3 Å². The van der Waals surface area contributed by atoms with Crippen LogP contribution in [-0.2, 0) is 22.4 Å². The fraction of sp³-hybridized carbons (Fsp3) is 0.467. The highest BCUT2D eigenvalue weighted by Crippen LogP contribution is 2.28. The van der Waals surface area contributed by atoms with Crippen LogP contribution >= 0.6 is 0 Å². The lowest BCUT2D eigenvalue weighted by Gasteiger charge is -2.30. The summed E-state index contributed by atoms with van der Waals surface area (Å²) in [6, 6.07) is 14.3. The molecular formula is C30H39N5O3. The van der Waals surface area contributed by atoms with E-state index in [-0.39, 0.29) is 30.9 Å². The van der Waals surface area contributed by atoms with Crippen molar-refractivity contribution in [1.82, 2.24) is 20.4 Å². The average molecular weight is 518 g/mol. The van der Waals surface area contributed by atoms with E-state index in [2.05, 4.69) is 41.4 Å². The van der Waals surface area contributed by atoms with E-state index in [0.717, 1.165) is 42.5 Å². The number of amides is 2. The first-order valence-corrected chi connectivity index (χ1v) is 13.5. The number of benzene rings is 2. The number of fused-ring (bicyclic) bond motifs is 1. The summed E-state index contributed by atoms with van der Waals surface area (Å²) in [5.41, 5.74) is 5.14. The topological polar surface area (TPSA) is 91.6 Å². The van der Waals surface area contributed by atoms with Crippen LogP contribution in [0.2, 0.25) is 0 Å². The molecule has 0 aliphatic heterocycles. The van der Waals surface area contributed by atoms with E-state index < -0.39 is 0 Å². The molecular weight excluding hydrogens is 478 g/mol. The largest absolute Gasteiger partial charge is 0.355 e. The molecule has 1 aliphatic carbocycles. The summed E-state index contributed by atoms with van der Waals surface area (Å²) >= 11 is 0. The van der Waals surface area contributed by atoms with Crippen LogP contribution in [0.3, 0.4) is 0 Å². The number of nitrogens with zero attached hydrogens (tertiary/aromatic N) is 4. The Bertz CT molecular complexity index is 1240. The highest BCUT2D eigenvalue weighted by Gasteiger charge is 2.29. The summed E-state index contributed by atoms with van der Waals surface area (Å²) in [6.45, 7) is 8.89. The Balaban J connectivity index is 1.52. The van der Waals surface area contributed by atoms with Crippen LogP contribution in [0, 0.1) is 19.8 Å². The van der Waals surface area contributed by atoms with Gasteiger partial charge < -0.3 is 19.6 Å². The highest BCUT2D eigenvalue weighted by molar-refractivity contribution is 5.87. The standard InChI is InChI=1S/C30H39N5O3/c1-20(2)9-8-14-31-28(36)18-35(27-17-25(13-12-21(27)3)30-32-22(4)38-33-30)19-29(37)34(5)26-15-23-10-6-7-11-24(23)16-26/h6-7,10-13,17,20,26H,8-9,14-16,18-19H2,1-5H3,(H,31,36). The number of aromatic nitrogens is 2. The smallest absolute Gasteiger partial charge is 0.242 e. The lowest BCUT2D eigenvalue weighted by atomic mass is 10.1. The second-order valence-electron chi connectivity index (χ2n) is 10.7. The molecule has 4 rings (SSSR count). The molecule has 0 spiro atoms. The van der Waals surface area contributed by atoms with Crippen molar-refractivity contribution in [1.29, 1.82) is 0 Å². The molecule has 0 fully saturated rings. The monoisotopic (exact) mass is 517 g/mol. The van der Waals surface area contributed by atoms with Crippen molar-refractivity contribution in [2.75, 3.05) is 31.6 Å². The van der Waals surface area contributed by atoms with Gasteiger partial charge in [-0.15, -0.1) is 0 Å².